The average Bonchev–Trinajstić information content (AvgIpc) is 2.26. The molecule has 0 saturated carbocycles. The molecule has 5 nitrogen and oxygen atoms in total. The molecule has 1 aromatic rings. The Labute approximate surface area is 88.9 Å². The second kappa shape index (κ2) is 5.83. The molecule has 0 aliphatic rings. The monoisotopic (exact) mass is 206 g/mol. The van der Waals surface area contributed by atoms with Gasteiger partial charge >= 0.3 is 0 Å². The predicted molar refractivity (Wildman–Crippen MR) is 58.3 cm³/mol. The Morgan fingerprint density at radius 3 is 3.07 bits per heavy atom. The molecule has 5 heteroatoms. The predicted octanol–water partition coefficient (Wildman–Crippen LogP) is 0.984. The Balaban J connectivity index is 2.52. The maximum Gasteiger partial charge on any atom is 0.149 e. The van der Waals surface area contributed by atoms with Crippen LogP contribution in [-0.2, 0) is 4.74 Å². The van der Waals surface area contributed by atoms with E-state index in [0.717, 1.165) is 13.0 Å². The van der Waals surface area contributed by atoms with Crippen LogP contribution in [-0.4, -0.2) is 25.2 Å². The van der Waals surface area contributed by atoms with Crippen LogP contribution in [0, 0.1) is 11.3 Å². The van der Waals surface area contributed by atoms with E-state index in [2.05, 4.69) is 10.3 Å². The standard InChI is InChI=1S/C10H14N4O/c1-15-4-2-3-13-10-9(12)5-8(6-11)7-14-10/h5,7H,2-4,12H2,1H3,(H,13,14). The Kier molecular flexibility index (Phi) is 4.38. The van der Waals surface area contributed by atoms with Crippen molar-refractivity contribution in [1.29, 1.82) is 5.26 Å². The van der Waals surface area contributed by atoms with Gasteiger partial charge in [0.05, 0.1) is 11.3 Å². The van der Waals surface area contributed by atoms with E-state index in [4.69, 9.17) is 15.7 Å². The molecule has 0 aromatic carbocycles. The molecule has 0 unspecified atom stereocenters. The lowest BCUT2D eigenvalue weighted by atomic mass is 10.3. The summed E-state index contributed by atoms with van der Waals surface area (Å²) in [7, 11) is 1.66. The molecule has 0 radical (unpaired) electrons. The number of nitrogen functional groups attached to an aromatic ring is 1. The molecular weight excluding hydrogens is 192 g/mol. The van der Waals surface area contributed by atoms with Crippen LogP contribution in [0.25, 0.3) is 0 Å². The molecule has 3 N–H and O–H groups in total. The number of anilines is 2. The van der Waals surface area contributed by atoms with Gasteiger partial charge in [-0.15, -0.1) is 0 Å². The third-order valence-electron chi connectivity index (χ3n) is 1.86. The van der Waals surface area contributed by atoms with Crippen molar-refractivity contribution in [3.05, 3.63) is 17.8 Å². The van der Waals surface area contributed by atoms with Crippen molar-refractivity contribution in [2.75, 3.05) is 31.3 Å². The highest BCUT2D eigenvalue weighted by Gasteiger charge is 2.00. The van der Waals surface area contributed by atoms with Gasteiger partial charge in [-0.25, -0.2) is 4.98 Å². The number of nitrogens with zero attached hydrogens (tertiary/aromatic N) is 2. The molecule has 0 saturated heterocycles. The largest absolute Gasteiger partial charge is 0.396 e. The van der Waals surface area contributed by atoms with E-state index in [1.54, 1.807) is 13.2 Å². The number of nitriles is 1. The molecule has 1 aromatic heterocycles. The zero-order valence-electron chi connectivity index (χ0n) is 8.66. The van der Waals surface area contributed by atoms with E-state index in [0.29, 0.717) is 23.7 Å². The van der Waals surface area contributed by atoms with Crippen LogP contribution >= 0.6 is 0 Å². The maximum atomic E-state index is 8.62. The summed E-state index contributed by atoms with van der Waals surface area (Å²) in [6.45, 7) is 1.44. The van der Waals surface area contributed by atoms with Crippen LogP contribution in [0.1, 0.15) is 12.0 Å². The number of methoxy groups -OCH3 is 1. The van der Waals surface area contributed by atoms with E-state index in [1.807, 2.05) is 6.07 Å². The number of nitrogens with two attached hydrogens (primary N) is 1. The first-order valence-electron chi connectivity index (χ1n) is 4.66. The van der Waals surface area contributed by atoms with Gasteiger partial charge in [-0.1, -0.05) is 0 Å². The number of nitrogens with one attached hydrogen (secondary N) is 1. The van der Waals surface area contributed by atoms with Gasteiger partial charge in [0.25, 0.3) is 0 Å². The Morgan fingerprint density at radius 2 is 2.47 bits per heavy atom. The highest BCUT2D eigenvalue weighted by atomic mass is 16.5. The van der Waals surface area contributed by atoms with Gasteiger partial charge in [-0.3, -0.25) is 0 Å². The minimum absolute atomic E-state index is 0.468. The zero-order valence-corrected chi connectivity index (χ0v) is 8.66. The number of rotatable bonds is 5. The summed E-state index contributed by atoms with van der Waals surface area (Å²) < 4.78 is 4.91. The van der Waals surface area contributed by atoms with Crippen LogP contribution in [0.5, 0.6) is 0 Å². The molecule has 0 atom stereocenters. The summed E-state index contributed by atoms with van der Waals surface area (Å²) in [6, 6.07) is 3.58. The van der Waals surface area contributed by atoms with Crippen molar-refractivity contribution in [1.82, 2.24) is 4.98 Å². The van der Waals surface area contributed by atoms with E-state index in [1.165, 1.54) is 6.20 Å². The molecule has 1 heterocycles. The van der Waals surface area contributed by atoms with E-state index >= 15 is 0 Å². The minimum atomic E-state index is 0.468. The summed E-state index contributed by atoms with van der Waals surface area (Å²) in [6.07, 6.45) is 2.38. The van der Waals surface area contributed by atoms with Crippen LogP contribution in [0.3, 0.4) is 0 Å². The first-order chi connectivity index (χ1) is 7.27. The van der Waals surface area contributed by atoms with Crippen LogP contribution < -0.4 is 11.1 Å². The summed E-state index contributed by atoms with van der Waals surface area (Å²) >= 11 is 0. The van der Waals surface area contributed by atoms with E-state index in [9.17, 15) is 0 Å². The van der Waals surface area contributed by atoms with Gasteiger partial charge < -0.3 is 15.8 Å². The summed E-state index contributed by atoms with van der Waals surface area (Å²) in [5.41, 5.74) is 6.66. The molecule has 1 rings (SSSR count). The highest BCUT2D eigenvalue weighted by Crippen LogP contribution is 2.15. The first kappa shape index (κ1) is 11.3. The highest BCUT2D eigenvalue weighted by molar-refractivity contribution is 5.62. The number of ether oxygens (including phenoxy) is 1. The zero-order chi connectivity index (χ0) is 11.1. The smallest absolute Gasteiger partial charge is 0.149 e. The van der Waals surface area contributed by atoms with Gasteiger partial charge in [0.1, 0.15) is 11.9 Å². The lowest BCUT2D eigenvalue weighted by Crippen LogP contribution is -2.08. The van der Waals surface area contributed by atoms with E-state index in [-0.39, 0.29) is 0 Å². The molecule has 80 valence electrons. The molecule has 0 spiro atoms. The van der Waals surface area contributed by atoms with Crippen molar-refractivity contribution in [3.8, 4) is 6.07 Å². The second-order valence-corrected chi connectivity index (χ2v) is 3.05. The summed E-state index contributed by atoms with van der Waals surface area (Å²) in [5.74, 6) is 0.616. The fraction of sp³-hybridized carbons (Fsp3) is 0.400. The third-order valence-corrected chi connectivity index (χ3v) is 1.86. The molecular formula is C10H14N4O. The van der Waals surface area contributed by atoms with Gasteiger partial charge in [0.2, 0.25) is 0 Å². The lowest BCUT2D eigenvalue weighted by molar-refractivity contribution is 0.198. The molecule has 0 bridgehead atoms. The van der Waals surface area contributed by atoms with Crippen LogP contribution in [0.15, 0.2) is 12.3 Å². The Bertz CT molecular complexity index is 359. The fourth-order valence-corrected chi connectivity index (χ4v) is 1.11. The molecule has 15 heavy (non-hydrogen) atoms. The van der Waals surface area contributed by atoms with E-state index < -0.39 is 0 Å². The van der Waals surface area contributed by atoms with Crippen molar-refractivity contribution in [3.63, 3.8) is 0 Å². The lowest BCUT2D eigenvalue weighted by Gasteiger charge is -2.07. The van der Waals surface area contributed by atoms with Crippen molar-refractivity contribution >= 4 is 11.5 Å². The second-order valence-electron chi connectivity index (χ2n) is 3.05. The van der Waals surface area contributed by atoms with Gasteiger partial charge in [0, 0.05) is 26.5 Å². The van der Waals surface area contributed by atoms with Crippen LogP contribution in [0.4, 0.5) is 11.5 Å². The third kappa shape index (κ3) is 3.44. The Morgan fingerprint density at radius 1 is 1.67 bits per heavy atom. The first-order valence-corrected chi connectivity index (χ1v) is 4.66. The minimum Gasteiger partial charge on any atom is -0.396 e. The summed E-state index contributed by atoms with van der Waals surface area (Å²) in [4.78, 5) is 4.05. The SMILES string of the molecule is COCCCNc1ncc(C#N)cc1N. The quantitative estimate of drug-likeness (QED) is 0.702. The summed E-state index contributed by atoms with van der Waals surface area (Å²) in [5, 5.41) is 11.7. The van der Waals surface area contributed by atoms with Gasteiger partial charge in [0.15, 0.2) is 0 Å². The van der Waals surface area contributed by atoms with Crippen molar-refractivity contribution in [2.24, 2.45) is 0 Å². The molecule has 0 aliphatic carbocycles. The van der Waals surface area contributed by atoms with Crippen molar-refractivity contribution < 1.29 is 4.74 Å². The molecule has 0 aliphatic heterocycles. The Hall–Kier alpha value is -1.80. The fourth-order valence-electron chi connectivity index (χ4n) is 1.11. The normalized spacial score (nSPS) is 9.60. The van der Waals surface area contributed by atoms with Gasteiger partial charge in [-0.2, -0.15) is 5.26 Å². The number of hydrogen-bond acceptors (Lipinski definition) is 5. The number of aromatic nitrogens is 1. The topological polar surface area (TPSA) is 84.0 Å². The maximum absolute atomic E-state index is 8.62. The molecule has 0 amide bonds. The van der Waals surface area contributed by atoms with Crippen molar-refractivity contribution in [2.45, 2.75) is 6.42 Å². The molecule has 0 fully saturated rings. The van der Waals surface area contributed by atoms with Gasteiger partial charge in [-0.05, 0) is 12.5 Å². The number of hydrogen-bond donors (Lipinski definition) is 2. The van der Waals surface area contributed by atoms with Crippen LogP contribution in [0.2, 0.25) is 0 Å². The number of pyridine rings is 1. The average molecular weight is 206 g/mol.